The second kappa shape index (κ2) is 4.95. The summed E-state index contributed by atoms with van der Waals surface area (Å²) < 4.78 is 12.8. The molecule has 1 saturated heterocycles. The molecule has 0 aliphatic carbocycles. The molecule has 1 unspecified atom stereocenters. The van der Waals surface area contributed by atoms with E-state index in [4.69, 9.17) is 5.26 Å². The standard InChI is InChI=1S/C12H14FN3/c13-10-1-3-12(4-2-10)16-8-7-15-11(9-16)5-6-14/h1-4,11,15H,5,7-9H2. The molecule has 16 heavy (non-hydrogen) atoms. The van der Waals surface area contributed by atoms with E-state index < -0.39 is 0 Å². The van der Waals surface area contributed by atoms with Crippen LogP contribution in [0.5, 0.6) is 0 Å². The van der Waals surface area contributed by atoms with Crippen LogP contribution in [0.4, 0.5) is 10.1 Å². The van der Waals surface area contributed by atoms with Crippen molar-refractivity contribution in [2.75, 3.05) is 24.5 Å². The first-order chi connectivity index (χ1) is 7.79. The van der Waals surface area contributed by atoms with Gasteiger partial charge in [0.15, 0.2) is 0 Å². The summed E-state index contributed by atoms with van der Waals surface area (Å²) in [7, 11) is 0. The third-order valence-electron chi connectivity index (χ3n) is 2.78. The predicted octanol–water partition coefficient (Wildman–Crippen LogP) is 1.52. The molecule has 1 aromatic rings. The Hall–Kier alpha value is -1.60. The third kappa shape index (κ3) is 2.50. The minimum Gasteiger partial charge on any atom is -0.369 e. The van der Waals surface area contributed by atoms with Crippen LogP contribution in [0.15, 0.2) is 24.3 Å². The molecule has 0 aromatic heterocycles. The monoisotopic (exact) mass is 219 g/mol. The highest BCUT2D eigenvalue weighted by molar-refractivity contribution is 5.47. The van der Waals surface area contributed by atoms with Gasteiger partial charge in [-0.3, -0.25) is 0 Å². The Labute approximate surface area is 94.5 Å². The fourth-order valence-electron chi connectivity index (χ4n) is 1.96. The van der Waals surface area contributed by atoms with Crippen LogP contribution in [0, 0.1) is 17.1 Å². The van der Waals surface area contributed by atoms with Crippen LogP contribution >= 0.6 is 0 Å². The number of piperazine rings is 1. The highest BCUT2D eigenvalue weighted by Gasteiger charge is 2.18. The minimum atomic E-state index is -0.215. The molecule has 1 N–H and O–H groups in total. The number of halogens is 1. The van der Waals surface area contributed by atoms with Crippen LogP contribution in [-0.2, 0) is 0 Å². The van der Waals surface area contributed by atoms with Crippen LogP contribution in [-0.4, -0.2) is 25.7 Å². The Morgan fingerprint density at radius 1 is 1.44 bits per heavy atom. The maximum absolute atomic E-state index is 12.8. The molecule has 1 heterocycles. The lowest BCUT2D eigenvalue weighted by molar-refractivity contribution is 0.462. The Bertz CT molecular complexity index is 382. The number of benzene rings is 1. The number of nitriles is 1. The van der Waals surface area contributed by atoms with E-state index in [2.05, 4.69) is 16.3 Å². The summed E-state index contributed by atoms with van der Waals surface area (Å²) in [5.74, 6) is -0.215. The fraction of sp³-hybridized carbons (Fsp3) is 0.417. The smallest absolute Gasteiger partial charge is 0.123 e. The van der Waals surface area contributed by atoms with Crippen molar-refractivity contribution >= 4 is 5.69 Å². The van der Waals surface area contributed by atoms with Gasteiger partial charge < -0.3 is 10.2 Å². The van der Waals surface area contributed by atoms with Gasteiger partial charge in [-0.05, 0) is 24.3 Å². The Morgan fingerprint density at radius 2 is 2.19 bits per heavy atom. The zero-order chi connectivity index (χ0) is 11.4. The highest BCUT2D eigenvalue weighted by Crippen LogP contribution is 2.16. The lowest BCUT2D eigenvalue weighted by Crippen LogP contribution is -2.50. The summed E-state index contributed by atoms with van der Waals surface area (Å²) in [5, 5.41) is 11.9. The van der Waals surface area contributed by atoms with Crippen molar-refractivity contribution in [1.82, 2.24) is 5.32 Å². The zero-order valence-corrected chi connectivity index (χ0v) is 8.99. The van der Waals surface area contributed by atoms with Crippen molar-refractivity contribution in [2.45, 2.75) is 12.5 Å². The molecule has 0 saturated carbocycles. The van der Waals surface area contributed by atoms with Gasteiger partial charge in [0.25, 0.3) is 0 Å². The highest BCUT2D eigenvalue weighted by atomic mass is 19.1. The minimum absolute atomic E-state index is 0.212. The van der Waals surface area contributed by atoms with Gasteiger partial charge in [-0.2, -0.15) is 5.26 Å². The summed E-state index contributed by atoms with van der Waals surface area (Å²) in [6.45, 7) is 2.57. The largest absolute Gasteiger partial charge is 0.369 e. The molecular weight excluding hydrogens is 205 g/mol. The van der Waals surface area contributed by atoms with E-state index in [0.29, 0.717) is 6.42 Å². The first kappa shape index (κ1) is 10.9. The molecule has 0 spiro atoms. The number of anilines is 1. The zero-order valence-electron chi connectivity index (χ0n) is 8.99. The van der Waals surface area contributed by atoms with E-state index in [-0.39, 0.29) is 11.9 Å². The molecule has 0 bridgehead atoms. The summed E-state index contributed by atoms with van der Waals surface area (Å²) in [6.07, 6.45) is 0.512. The summed E-state index contributed by atoms with van der Waals surface area (Å²) in [6, 6.07) is 8.88. The van der Waals surface area contributed by atoms with Gasteiger partial charge in [0.1, 0.15) is 5.82 Å². The molecule has 0 radical (unpaired) electrons. The summed E-state index contributed by atoms with van der Waals surface area (Å²) in [5.41, 5.74) is 1.02. The maximum atomic E-state index is 12.8. The van der Waals surface area contributed by atoms with Gasteiger partial charge in [0, 0.05) is 31.4 Å². The molecule has 1 aliphatic heterocycles. The van der Waals surface area contributed by atoms with E-state index in [1.807, 2.05) is 0 Å². The molecule has 4 heteroatoms. The van der Waals surface area contributed by atoms with E-state index in [9.17, 15) is 4.39 Å². The second-order valence-corrected chi connectivity index (χ2v) is 3.94. The lowest BCUT2D eigenvalue weighted by atomic mass is 10.1. The van der Waals surface area contributed by atoms with Crippen molar-refractivity contribution in [3.05, 3.63) is 30.1 Å². The van der Waals surface area contributed by atoms with Crippen molar-refractivity contribution in [3.8, 4) is 6.07 Å². The quantitative estimate of drug-likeness (QED) is 0.819. The average molecular weight is 219 g/mol. The molecule has 1 aliphatic rings. The molecule has 1 fully saturated rings. The number of nitrogens with zero attached hydrogens (tertiary/aromatic N) is 2. The predicted molar refractivity (Wildman–Crippen MR) is 60.6 cm³/mol. The molecule has 2 rings (SSSR count). The maximum Gasteiger partial charge on any atom is 0.123 e. The molecule has 1 aromatic carbocycles. The molecule has 0 amide bonds. The van der Waals surface area contributed by atoms with Gasteiger partial charge in [-0.1, -0.05) is 0 Å². The van der Waals surface area contributed by atoms with Gasteiger partial charge in [0.2, 0.25) is 0 Å². The van der Waals surface area contributed by atoms with E-state index in [1.165, 1.54) is 12.1 Å². The first-order valence-electron chi connectivity index (χ1n) is 5.40. The summed E-state index contributed by atoms with van der Waals surface area (Å²) >= 11 is 0. The average Bonchev–Trinajstić information content (AvgIpc) is 2.31. The molecule has 3 nitrogen and oxygen atoms in total. The van der Waals surface area contributed by atoms with Crippen molar-refractivity contribution < 1.29 is 4.39 Å². The first-order valence-corrected chi connectivity index (χ1v) is 5.40. The third-order valence-corrected chi connectivity index (χ3v) is 2.78. The lowest BCUT2D eigenvalue weighted by Gasteiger charge is -2.34. The Kier molecular flexibility index (Phi) is 3.37. The van der Waals surface area contributed by atoms with Crippen LogP contribution < -0.4 is 10.2 Å². The molecule has 1 atom stereocenters. The second-order valence-electron chi connectivity index (χ2n) is 3.94. The normalized spacial score (nSPS) is 20.5. The number of rotatable bonds is 2. The van der Waals surface area contributed by atoms with Gasteiger partial charge in [-0.15, -0.1) is 0 Å². The number of hydrogen-bond donors (Lipinski definition) is 1. The number of hydrogen-bond acceptors (Lipinski definition) is 3. The Morgan fingerprint density at radius 3 is 2.88 bits per heavy atom. The van der Waals surface area contributed by atoms with E-state index in [1.54, 1.807) is 12.1 Å². The van der Waals surface area contributed by atoms with E-state index in [0.717, 1.165) is 25.3 Å². The fourth-order valence-corrected chi connectivity index (χ4v) is 1.96. The van der Waals surface area contributed by atoms with Crippen LogP contribution in [0.3, 0.4) is 0 Å². The van der Waals surface area contributed by atoms with Gasteiger partial charge in [0.05, 0.1) is 12.5 Å². The Balaban J connectivity index is 2.04. The number of nitrogens with one attached hydrogen (secondary N) is 1. The summed E-state index contributed by atoms with van der Waals surface area (Å²) in [4.78, 5) is 2.18. The van der Waals surface area contributed by atoms with E-state index >= 15 is 0 Å². The van der Waals surface area contributed by atoms with Gasteiger partial charge in [-0.25, -0.2) is 4.39 Å². The molecular formula is C12H14FN3. The van der Waals surface area contributed by atoms with Crippen molar-refractivity contribution in [1.29, 1.82) is 5.26 Å². The topological polar surface area (TPSA) is 39.1 Å². The van der Waals surface area contributed by atoms with Crippen LogP contribution in [0.1, 0.15) is 6.42 Å². The van der Waals surface area contributed by atoms with Crippen LogP contribution in [0.25, 0.3) is 0 Å². The van der Waals surface area contributed by atoms with Gasteiger partial charge >= 0.3 is 0 Å². The molecule has 84 valence electrons. The van der Waals surface area contributed by atoms with Crippen LogP contribution in [0.2, 0.25) is 0 Å². The van der Waals surface area contributed by atoms with Crippen molar-refractivity contribution in [2.24, 2.45) is 0 Å². The SMILES string of the molecule is N#CCC1CN(c2ccc(F)cc2)CCN1. The van der Waals surface area contributed by atoms with Crippen molar-refractivity contribution in [3.63, 3.8) is 0 Å².